The lowest BCUT2D eigenvalue weighted by atomic mass is 9.66. The number of aliphatic carboxylic acids is 1. The molecule has 7 nitrogen and oxygen atoms in total. The maximum Gasteiger partial charge on any atom is 0.317 e. The summed E-state index contributed by atoms with van der Waals surface area (Å²) in [6.07, 6.45) is 5.32. The minimum atomic E-state index is -1.36. The molecule has 0 aliphatic heterocycles. The zero-order valence-corrected chi connectivity index (χ0v) is 11.9. The molecule has 0 aromatic carbocycles. The Morgan fingerprint density at radius 1 is 1.48 bits per heavy atom. The number of hydrogen-bond acceptors (Lipinski definition) is 5. The Kier molecular flexibility index (Phi) is 4.74. The number of carbonyl (C=O) groups excluding carboxylic acids is 1. The highest BCUT2D eigenvalue weighted by Crippen LogP contribution is 2.40. The quantitative estimate of drug-likeness (QED) is 0.548. The molecule has 1 aliphatic carbocycles. The topological polar surface area (TPSA) is 135 Å². The van der Waals surface area contributed by atoms with E-state index in [1.54, 1.807) is 6.20 Å². The maximum atomic E-state index is 12.6. The van der Waals surface area contributed by atoms with E-state index >= 15 is 0 Å². The maximum absolute atomic E-state index is 12.6. The van der Waals surface area contributed by atoms with Crippen LogP contribution in [0.2, 0.25) is 0 Å². The van der Waals surface area contributed by atoms with Gasteiger partial charge in [0.15, 0.2) is 5.78 Å². The number of carboxylic acid groups (broad SMARTS) is 1. The van der Waals surface area contributed by atoms with Crippen molar-refractivity contribution in [2.75, 3.05) is 6.54 Å². The summed E-state index contributed by atoms with van der Waals surface area (Å²) in [7, 11) is 0. The van der Waals surface area contributed by atoms with Crippen LogP contribution < -0.4 is 11.5 Å². The molecule has 1 fully saturated rings. The number of rotatable bonds is 6. The number of aromatic nitrogens is 2. The third kappa shape index (κ3) is 3.14. The van der Waals surface area contributed by atoms with E-state index in [0.717, 1.165) is 5.69 Å². The number of hydrogen-bond donors (Lipinski definition) is 4. The Hall–Kier alpha value is -1.73. The molecule has 0 bridgehead atoms. The smallest absolute Gasteiger partial charge is 0.317 e. The molecule has 7 heteroatoms. The average Bonchev–Trinajstić information content (AvgIpc) is 2.99. The Labute approximate surface area is 123 Å². The normalized spacial score (nSPS) is 27.2. The second-order valence-corrected chi connectivity index (χ2v) is 5.82. The summed E-state index contributed by atoms with van der Waals surface area (Å²) in [6.45, 7) is 0.532. The van der Waals surface area contributed by atoms with Gasteiger partial charge in [-0.15, -0.1) is 0 Å². The van der Waals surface area contributed by atoms with Gasteiger partial charge < -0.3 is 21.6 Å². The molecule has 0 radical (unpaired) electrons. The fourth-order valence-electron chi connectivity index (χ4n) is 3.05. The molecule has 1 aromatic heterocycles. The first kappa shape index (κ1) is 15.7. The lowest BCUT2D eigenvalue weighted by Gasteiger charge is -2.36. The van der Waals surface area contributed by atoms with Crippen molar-refractivity contribution in [2.24, 2.45) is 22.8 Å². The minimum Gasteiger partial charge on any atom is -0.480 e. The second-order valence-electron chi connectivity index (χ2n) is 5.82. The van der Waals surface area contributed by atoms with Gasteiger partial charge in [-0.25, -0.2) is 4.98 Å². The van der Waals surface area contributed by atoms with Gasteiger partial charge in [0.25, 0.3) is 0 Å². The zero-order valence-electron chi connectivity index (χ0n) is 11.9. The summed E-state index contributed by atoms with van der Waals surface area (Å²) in [6, 6.07) is -0.837. The number of nitrogens with two attached hydrogens (primary N) is 2. The van der Waals surface area contributed by atoms with Gasteiger partial charge in [0.05, 0.1) is 12.4 Å². The first-order valence-corrected chi connectivity index (χ1v) is 7.20. The van der Waals surface area contributed by atoms with Gasteiger partial charge in [-0.05, 0) is 38.1 Å². The molecule has 1 aliphatic rings. The minimum absolute atomic E-state index is 0.272. The lowest BCUT2D eigenvalue weighted by Crippen LogP contribution is -2.51. The van der Waals surface area contributed by atoms with E-state index < -0.39 is 17.4 Å². The number of Topliss-reactive ketones (excluding diaryl/α,β-unsaturated/α-hetero) is 1. The van der Waals surface area contributed by atoms with E-state index in [-0.39, 0.29) is 12.2 Å². The molecule has 1 atom stereocenters. The number of carbonyl (C=O) groups is 2. The predicted octanol–water partition coefficient (Wildman–Crippen LogP) is 0.0685. The number of H-pyrrole nitrogens is 1. The highest BCUT2D eigenvalue weighted by Gasteiger charge is 2.49. The molecule has 0 spiro atoms. The van der Waals surface area contributed by atoms with Crippen molar-refractivity contribution in [1.82, 2.24) is 9.97 Å². The number of nitrogens with zero attached hydrogens (tertiary/aromatic N) is 1. The molecule has 0 unspecified atom stereocenters. The fourth-order valence-corrected chi connectivity index (χ4v) is 3.05. The molecule has 2 rings (SSSR count). The van der Waals surface area contributed by atoms with Crippen molar-refractivity contribution >= 4 is 11.8 Å². The molecule has 1 aromatic rings. The highest BCUT2D eigenvalue weighted by molar-refractivity contribution is 6.05. The summed E-state index contributed by atoms with van der Waals surface area (Å²) in [5.41, 5.74) is 10.9. The molecule has 0 saturated heterocycles. The Morgan fingerprint density at radius 3 is 2.62 bits per heavy atom. The number of carboxylic acids is 1. The van der Waals surface area contributed by atoms with Crippen molar-refractivity contribution in [3.05, 3.63) is 18.2 Å². The molecule has 6 N–H and O–H groups in total. The standard InChI is InChI=1S/C14H22N4O3/c15-6-9-1-3-14(4-2-9,13(20)21)12(19)11(16)5-10-7-17-8-18-10/h7-9,11H,1-6,15-16H2,(H,17,18)(H,20,21)/t9?,11-,14?/m0/s1. The van der Waals surface area contributed by atoms with Gasteiger partial charge in [-0.2, -0.15) is 0 Å². The van der Waals surface area contributed by atoms with Crippen molar-refractivity contribution < 1.29 is 14.7 Å². The van der Waals surface area contributed by atoms with Crippen LogP contribution in [0.15, 0.2) is 12.5 Å². The van der Waals surface area contributed by atoms with Crippen LogP contribution in [0.5, 0.6) is 0 Å². The van der Waals surface area contributed by atoms with E-state index in [4.69, 9.17) is 11.5 Å². The monoisotopic (exact) mass is 294 g/mol. The number of aromatic amines is 1. The third-order valence-corrected chi connectivity index (χ3v) is 4.50. The second kappa shape index (κ2) is 6.36. The molecule has 116 valence electrons. The van der Waals surface area contributed by atoms with Crippen LogP contribution >= 0.6 is 0 Å². The average molecular weight is 294 g/mol. The van der Waals surface area contributed by atoms with Crippen LogP contribution in [0.3, 0.4) is 0 Å². The van der Waals surface area contributed by atoms with Crippen LogP contribution in [0.1, 0.15) is 31.4 Å². The van der Waals surface area contributed by atoms with Gasteiger partial charge in [-0.3, -0.25) is 9.59 Å². The molecule has 1 saturated carbocycles. The highest BCUT2D eigenvalue weighted by atomic mass is 16.4. The van der Waals surface area contributed by atoms with Crippen LogP contribution in [-0.4, -0.2) is 39.4 Å². The SMILES string of the molecule is NCC1CCC(C(=O)O)(C(=O)[C@@H](N)Cc2cnc[nH]2)CC1. The van der Waals surface area contributed by atoms with E-state index in [1.165, 1.54) is 6.33 Å². The summed E-state index contributed by atoms with van der Waals surface area (Å²) in [5, 5.41) is 9.57. The Morgan fingerprint density at radius 2 is 2.14 bits per heavy atom. The fraction of sp³-hybridized carbons (Fsp3) is 0.643. The summed E-state index contributed by atoms with van der Waals surface area (Å²) in [4.78, 5) is 31.0. The van der Waals surface area contributed by atoms with E-state index in [2.05, 4.69) is 9.97 Å². The molecular weight excluding hydrogens is 272 g/mol. The van der Waals surface area contributed by atoms with Gasteiger partial charge in [0.1, 0.15) is 5.41 Å². The first-order chi connectivity index (χ1) is 9.99. The largest absolute Gasteiger partial charge is 0.480 e. The van der Waals surface area contributed by atoms with E-state index in [1.807, 2.05) is 0 Å². The van der Waals surface area contributed by atoms with Crippen LogP contribution in [0, 0.1) is 11.3 Å². The molecule has 21 heavy (non-hydrogen) atoms. The summed E-state index contributed by atoms with van der Waals surface area (Å²) >= 11 is 0. The Balaban J connectivity index is 2.11. The summed E-state index contributed by atoms with van der Waals surface area (Å²) in [5.74, 6) is -1.16. The van der Waals surface area contributed by atoms with Crippen molar-refractivity contribution in [3.63, 3.8) is 0 Å². The number of imidazole rings is 1. The summed E-state index contributed by atoms with van der Waals surface area (Å²) < 4.78 is 0. The van der Waals surface area contributed by atoms with Crippen LogP contribution in [0.4, 0.5) is 0 Å². The lowest BCUT2D eigenvalue weighted by molar-refractivity contribution is -0.158. The number of nitrogens with one attached hydrogen (secondary N) is 1. The van der Waals surface area contributed by atoms with E-state index in [0.29, 0.717) is 38.1 Å². The van der Waals surface area contributed by atoms with Gasteiger partial charge >= 0.3 is 5.97 Å². The van der Waals surface area contributed by atoms with Gasteiger partial charge in [-0.1, -0.05) is 0 Å². The van der Waals surface area contributed by atoms with Crippen molar-refractivity contribution in [3.8, 4) is 0 Å². The van der Waals surface area contributed by atoms with Crippen molar-refractivity contribution in [1.29, 1.82) is 0 Å². The third-order valence-electron chi connectivity index (χ3n) is 4.50. The van der Waals surface area contributed by atoms with Crippen molar-refractivity contribution in [2.45, 2.75) is 38.1 Å². The molecule has 1 heterocycles. The Bertz CT molecular complexity index is 492. The van der Waals surface area contributed by atoms with Gasteiger partial charge in [0.2, 0.25) is 0 Å². The molecule has 0 amide bonds. The zero-order chi connectivity index (χ0) is 15.5. The number of ketones is 1. The van der Waals surface area contributed by atoms with Crippen LogP contribution in [0.25, 0.3) is 0 Å². The van der Waals surface area contributed by atoms with E-state index in [9.17, 15) is 14.7 Å². The first-order valence-electron chi connectivity index (χ1n) is 7.20. The van der Waals surface area contributed by atoms with Gasteiger partial charge in [0, 0.05) is 18.3 Å². The molecular formula is C14H22N4O3. The van der Waals surface area contributed by atoms with Crippen LogP contribution in [-0.2, 0) is 16.0 Å². The predicted molar refractivity (Wildman–Crippen MR) is 76.4 cm³/mol.